The maximum Gasteiger partial charge on any atom is 0.261 e. The predicted molar refractivity (Wildman–Crippen MR) is 109 cm³/mol. The molecule has 1 aliphatic rings. The molecule has 1 fully saturated rings. The molecule has 1 aliphatic heterocycles. The van der Waals surface area contributed by atoms with E-state index in [-0.39, 0.29) is 23.3 Å². The molecule has 0 atom stereocenters. The normalized spacial score (nSPS) is 14.7. The van der Waals surface area contributed by atoms with Crippen LogP contribution in [0.4, 0.5) is 5.69 Å². The summed E-state index contributed by atoms with van der Waals surface area (Å²) in [6, 6.07) is 16.6. The lowest BCUT2D eigenvalue weighted by Crippen LogP contribution is -2.44. The second-order valence-electron chi connectivity index (χ2n) is 6.75. The zero-order valence-electron chi connectivity index (χ0n) is 16.0. The zero-order chi connectivity index (χ0) is 20.7. The van der Waals surface area contributed by atoms with E-state index in [0.717, 1.165) is 12.8 Å². The highest BCUT2D eigenvalue weighted by molar-refractivity contribution is 7.92. The molecule has 1 amide bonds. The maximum absolute atomic E-state index is 13.0. The van der Waals surface area contributed by atoms with Crippen LogP contribution in [0.3, 0.4) is 0 Å². The van der Waals surface area contributed by atoms with Gasteiger partial charge in [0.1, 0.15) is 0 Å². The molecule has 0 aliphatic carbocycles. The summed E-state index contributed by atoms with van der Waals surface area (Å²) in [7, 11) is -3.75. The van der Waals surface area contributed by atoms with Crippen LogP contribution in [0.15, 0.2) is 59.5 Å². The fraction of sp³-hybridized carbons (Fsp3) is 0.333. The Balaban J connectivity index is 1.76. The van der Waals surface area contributed by atoms with E-state index in [1.54, 1.807) is 35.2 Å². The lowest BCUT2D eigenvalue weighted by molar-refractivity contribution is 0.0296. The average molecular weight is 413 g/mol. The van der Waals surface area contributed by atoms with Gasteiger partial charge in [0, 0.05) is 37.1 Å². The van der Waals surface area contributed by atoms with E-state index in [9.17, 15) is 13.2 Å². The minimum atomic E-state index is -3.75. The maximum atomic E-state index is 13.0. The number of hydrogen-bond acceptors (Lipinski definition) is 5. The predicted octanol–water partition coefficient (Wildman–Crippen LogP) is 3.02. The van der Waals surface area contributed by atoms with Crippen LogP contribution in [0, 0.1) is 11.3 Å². The molecular formula is C21H23N3O4S. The molecule has 0 aromatic heterocycles. The third-order valence-electron chi connectivity index (χ3n) is 4.79. The summed E-state index contributed by atoms with van der Waals surface area (Å²) in [5.74, 6) is -0.202. The smallest absolute Gasteiger partial charge is 0.261 e. The Hall–Kier alpha value is -2.89. The molecule has 3 rings (SSSR count). The fourth-order valence-corrected chi connectivity index (χ4v) is 4.34. The van der Waals surface area contributed by atoms with Crippen molar-refractivity contribution in [3.8, 4) is 6.07 Å². The number of rotatable bonds is 7. The second kappa shape index (κ2) is 9.54. The van der Waals surface area contributed by atoms with Gasteiger partial charge in [0.25, 0.3) is 15.9 Å². The minimum Gasteiger partial charge on any atom is -0.381 e. The Morgan fingerprint density at radius 1 is 1.10 bits per heavy atom. The number of carbonyl (C=O) groups is 1. The molecular weight excluding hydrogens is 390 g/mol. The van der Waals surface area contributed by atoms with Crippen molar-refractivity contribution in [2.75, 3.05) is 24.5 Å². The molecule has 0 radical (unpaired) electrons. The van der Waals surface area contributed by atoms with Gasteiger partial charge in [-0.15, -0.1) is 0 Å². The Kier molecular flexibility index (Phi) is 6.86. The number of nitriles is 1. The van der Waals surface area contributed by atoms with Gasteiger partial charge in [-0.05, 0) is 49.2 Å². The lowest BCUT2D eigenvalue weighted by Gasteiger charge is -2.34. The first-order chi connectivity index (χ1) is 14.0. The van der Waals surface area contributed by atoms with Crippen LogP contribution >= 0.6 is 0 Å². The van der Waals surface area contributed by atoms with Crippen molar-refractivity contribution in [3.63, 3.8) is 0 Å². The number of sulfonamides is 1. The van der Waals surface area contributed by atoms with Gasteiger partial charge < -0.3 is 9.64 Å². The van der Waals surface area contributed by atoms with Crippen molar-refractivity contribution in [1.29, 1.82) is 5.26 Å². The molecule has 0 saturated carbocycles. The van der Waals surface area contributed by atoms with Gasteiger partial charge >= 0.3 is 0 Å². The molecule has 7 nitrogen and oxygen atoms in total. The summed E-state index contributed by atoms with van der Waals surface area (Å²) in [5, 5.41) is 8.93. The number of benzene rings is 2. The van der Waals surface area contributed by atoms with Crippen LogP contribution < -0.4 is 4.72 Å². The summed E-state index contributed by atoms with van der Waals surface area (Å²) in [5.41, 5.74) is 0.864. The van der Waals surface area contributed by atoms with Crippen molar-refractivity contribution in [1.82, 2.24) is 4.90 Å². The van der Waals surface area contributed by atoms with Crippen molar-refractivity contribution in [2.24, 2.45) is 0 Å². The van der Waals surface area contributed by atoms with Gasteiger partial charge in [-0.1, -0.05) is 18.2 Å². The van der Waals surface area contributed by atoms with E-state index in [1.165, 1.54) is 24.3 Å². The molecule has 1 heterocycles. The standard InChI is InChI=1S/C21H23N3O4S/c22-13-4-14-24(19-11-15-28-16-12-19)21(25)17-7-9-20(10-8-17)29(26,27)23-18-5-2-1-3-6-18/h1-3,5-10,19,23H,4,11-12,14-16H2. The lowest BCUT2D eigenvalue weighted by atomic mass is 10.0. The van der Waals surface area contributed by atoms with Crippen LogP contribution in [0.2, 0.25) is 0 Å². The Bertz CT molecular complexity index is 963. The van der Waals surface area contributed by atoms with Gasteiger partial charge in [-0.2, -0.15) is 5.26 Å². The monoisotopic (exact) mass is 413 g/mol. The Labute approximate surface area is 171 Å². The number of nitrogens with one attached hydrogen (secondary N) is 1. The van der Waals surface area contributed by atoms with E-state index in [0.29, 0.717) is 31.0 Å². The molecule has 8 heteroatoms. The van der Waals surface area contributed by atoms with Crippen LogP contribution in [-0.4, -0.2) is 45.0 Å². The third-order valence-corrected chi connectivity index (χ3v) is 6.19. The molecule has 1 saturated heterocycles. The van der Waals surface area contributed by atoms with Gasteiger partial charge in [-0.25, -0.2) is 8.42 Å². The Morgan fingerprint density at radius 2 is 1.76 bits per heavy atom. The van der Waals surface area contributed by atoms with E-state index >= 15 is 0 Å². The van der Waals surface area contributed by atoms with E-state index in [4.69, 9.17) is 10.00 Å². The van der Waals surface area contributed by atoms with E-state index in [2.05, 4.69) is 10.8 Å². The molecule has 0 spiro atoms. The van der Waals surface area contributed by atoms with E-state index < -0.39 is 10.0 Å². The van der Waals surface area contributed by atoms with Crippen LogP contribution in [0.1, 0.15) is 29.6 Å². The highest BCUT2D eigenvalue weighted by Crippen LogP contribution is 2.20. The summed E-state index contributed by atoms with van der Waals surface area (Å²) in [4.78, 5) is 14.8. The highest BCUT2D eigenvalue weighted by Gasteiger charge is 2.26. The number of ether oxygens (including phenoxy) is 1. The largest absolute Gasteiger partial charge is 0.381 e. The quantitative estimate of drug-likeness (QED) is 0.752. The fourth-order valence-electron chi connectivity index (χ4n) is 3.28. The van der Waals surface area contributed by atoms with Crippen molar-refractivity contribution >= 4 is 21.6 Å². The number of para-hydroxylation sites is 1. The van der Waals surface area contributed by atoms with Gasteiger partial charge in [-0.3, -0.25) is 9.52 Å². The number of hydrogen-bond donors (Lipinski definition) is 1. The number of amides is 1. The van der Waals surface area contributed by atoms with Crippen LogP contribution in [0.5, 0.6) is 0 Å². The van der Waals surface area contributed by atoms with Crippen molar-refractivity contribution < 1.29 is 17.9 Å². The highest BCUT2D eigenvalue weighted by atomic mass is 32.2. The topological polar surface area (TPSA) is 99.5 Å². The SMILES string of the molecule is N#CCCN(C(=O)c1ccc(S(=O)(=O)Nc2ccccc2)cc1)C1CCOCC1. The van der Waals surface area contributed by atoms with Crippen molar-refractivity contribution in [3.05, 3.63) is 60.2 Å². The molecule has 0 unspecified atom stereocenters. The number of anilines is 1. The van der Waals surface area contributed by atoms with Gasteiger partial charge in [0.15, 0.2) is 0 Å². The summed E-state index contributed by atoms with van der Waals surface area (Å²) in [6.45, 7) is 1.52. The first-order valence-electron chi connectivity index (χ1n) is 9.45. The Morgan fingerprint density at radius 3 is 2.38 bits per heavy atom. The average Bonchev–Trinajstić information content (AvgIpc) is 2.75. The molecule has 2 aromatic rings. The van der Waals surface area contributed by atoms with E-state index in [1.807, 2.05) is 0 Å². The molecule has 1 N–H and O–H groups in total. The molecule has 0 bridgehead atoms. The summed E-state index contributed by atoms with van der Waals surface area (Å²) >= 11 is 0. The van der Waals surface area contributed by atoms with Gasteiger partial charge in [0.05, 0.1) is 17.4 Å². The summed E-state index contributed by atoms with van der Waals surface area (Å²) < 4.78 is 33.0. The number of carbonyl (C=O) groups excluding carboxylic acids is 1. The third kappa shape index (κ3) is 5.34. The summed E-state index contributed by atoms with van der Waals surface area (Å²) in [6.07, 6.45) is 1.70. The minimum absolute atomic E-state index is 0.0211. The second-order valence-corrected chi connectivity index (χ2v) is 8.43. The van der Waals surface area contributed by atoms with Gasteiger partial charge in [0.2, 0.25) is 0 Å². The molecule has 2 aromatic carbocycles. The first-order valence-corrected chi connectivity index (χ1v) is 10.9. The first kappa shape index (κ1) is 20.8. The number of nitrogens with zero attached hydrogens (tertiary/aromatic N) is 2. The molecule has 152 valence electrons. The van der Waals surface area contributed by atoms with Crippen LogP contribution in [0.25, 0.3) is 0 Å². The van der Waals surface area contributed by atoms with Crippen molar-refractivity contribution in [2.45, 2.75) is 30.2 Å². The van der Waals surface area contributed by atoms with Crippen LogP contribution in [-0.2, 0) is 14.8 Å². The molecule has 29 heavy (non-hydrogen) atoms. The zero-order valence-corrected chi connectivity index (χ0v) is 16.8.